The number of carbonyl (C=O) groups is 1. The maximum absolute atomic E-state index is 13.0. The van der Waals surface area contributed by atoms with Gasteiger partial charge in [0.15, 0.2) is 5.13 Å². The van der Waals surface area contributed by atoms with Crippen LogP contribution in [0.25, 0.3) is 10.2 Å². The fourth-order valence-electron chi connectivity index (χ4n) is 2.77. The first-order valence-electron chi connectivity index (χ1n) is 8.72. The van der Waals surface area contributed by atoms with Crippen LogP contribution in [0.4, 0.5) is 5.13 Å². The number of hydrogen-bond donors (Lipinski definition) is 0. The molecule has 0 saturated carbocycles. The first kappa shape index (κ1) is 19.5. The minimum Gasteiger partial charge on any atom is -0.302 e. The van der Waals surface area contributed by atoms with Crippen LogP contribution in [0.15, 0.2) is 40.2 Å². The molecule has 26 heavy (non-hydrogen) atoms. The summed E-state index contributed by atoms with van der Waals surface area (Å²) in [7, 11) is 0. The van der Waals surface area contributed by atoms with Crippen LogP contribution in [0, 0.1) is 0 Å². The zero-order valence-electron chi connectivity index (χ0n) is 14.9. The van der Waals surface area contributed by atoms with Crippen LogP contribution in [0.3, 0.4) is 0 Å². The fourth-order valence-corrected chi connectivity index (χ4v) is 5.02. The summed E-state index contributed by atoms with van der Waals surface area (Å²) in [5, 5.41) is 2.80. The molecule has 0 fully saturated rings. The lowest BCUT2D eigenvalue weighted by Gasteiger charge is -2.24. The number of amides is 1. The van der Waals surface area contributed by atoms with Crippen molar-refractivity contribution >= 4 is 59.9 Å². The Morgan fingerprint density at radius 2 is 2.00 bits per heavy atom. The van der Waals surface area contributed by atoms with E-state index in [0.717, 1.165) is 44.3 Å². The second-order valence-electron chi connectivity index (χ2n) is 5.94. The summed E-state index contributed by atoms with van der Waals surface area (Å²) in [6.07, 6.45) is 0.426. The van der Waals surface area contributed by atoms with Gasteiger partial charge in [-0.1, -0.05) is 47.2 Å². The van der Waals surface area contributed by atoms with Gasteiger partial charge in [-0.15, -0.1) is 11.3 Å². The number of fused-ring (bicyclic) bond motifs is 1. The molecular formula is C19H22BrN3OS2. The number of aromatic nitrogens is 1. The van der Waals surface area contributed by atoms with Crippen molar-refractivity contribution < 1.29 is 4.79 Å². The predicted molar refractivity (Wildman–Crippen MR) is 115 cm³/mol. The largest absolute Gasteiger partial charge is 0.302 e. The van der Waals surface area contributed by atoms with E-state index in [2.05, 4.69) is 40.7 Å². The van der Waals surface area contributed by atoms with Gasteiger partial charge in [0.05, 0.1) is 16.6 Å². The Morgan fingerprint density at radius 1 is 1.19 bits per heavy atom. The zero-order valence-corrected chi connectivity index (χ0v) is 18.2. The molecule has 7 heteroatoms. The first-order chi connectivity index (χ1) is 12.6. The Balaban J connectivity index is 1.85. The second-order valence-corrected chi connectivity index (χ2v) is 8.89. The highest BCUT2D eigenvalue weighted by Crippen LogP contribution is 2.31. The van der Waals surface area contributed by atoms with Crippen molar-refractivity contribution in [1.29, 1.82) is 0 Å². The topological polar surface area (TPSA) is 36.4 Å². The van der Waals surface area contributed by atoms with Crippen LogP contribution >= 0.6 is 38.6 Å². The van der Waals surface area contributed by atoms with Crippen LogP contribution in [0.5, 0.6) is 0 Å². The van der Waals surface area contributed by atoms with E-state index in [0.29, 0.717) is 13.0 Å². The molecule has 4 nitrogen and oxygen atoms in total. The number of hydrogen-bond acceptors (Lipinski definition) is 5. The lowest BCUT2D eigenvalue weighted by Crippen LogP contribution is -2.39. The third kappa shape index (κ3) is 4.71. The molecule has 0 saturated heterocycles. The number of halogens is 1. The van der Waals surface area contributed by atoms with Crippen molar-refractivity contribution in [1.82, 2.24) is 9.88 Å². The number of carbonyl (C=O) groups excluding carboxylic acids is 1. The molecule has 2 aromatic heterocycles. The Morgan fingerprint density at radius 3 is 2.69 bits per heavy atom. The van der Waals surface area contributed by atoms with Crippen LogP contribution in [0.1, 0.15) is 18.7 Å². The van der Waals surface area contributed by atoms with Crippen molar-refractivity contribution in [3.8, 4) is 0 Å². The summed E-state index contributed by atoms with van der Waals surface area (Å²) in [4.78, 5) is 23.0. The van der Waals surface area contributed by atoms with Gasteiger partial charge in [0.1, 0.15) is 0 Å². The lowest BCUT2D eigenvalue weighted by atomic mass is 10.3. The van der Waals surface area contributed by atoms with Crippen LogP contribution < -0.4 is 4.90 Å². The van der Waals surface area contributed by atoms with Crippen molar-refractivity contribution in [3.63, 3.8) is 0 Å². The third-order valence-corrected chi connectivity index (χ3v) is 6.72. The van der Waals surface area contributed by atoms with Gasteiger partial charge in [0, 0.05) is 22.4 Å². The number of rotatable bonds is 8. The van der Waals surface area contributed by atoms with E-state index in [1.54, 1.807) is 22.7 Å². The third-order valence-electron chi connectivity index (χ3n) is 4.31. The standard InChI is InChI=1S/C19H22BrN3OS2/c1-3-22(4-2)9-10-23(18(24)13-15-6-5-11-25-15)19-21-16-8-7-14(20)12-17(16)26-19/h5-8,11-12H,3-4,9-10,13H2,1-2H3. The minimum absolute atomic E-state index is 0.109. The van der Waals surface area contributed by atoms with Gasteiger partial charge in [-0.05, 0) is 42.7 Å². The second kappa shape index (κ2) is 9.08. The number of benzene rings is 1. The lowest BCUT2D eigenvalue weighted by molar-refractivity contribution is -0.118. The summed E-state index contributed by atoms with van der Waals surface area (Å²) in [6, 6.07) is 10.0. The maximum Gasteiger partial charge on any atom is 0.234 e. The van der Waals surface area contributed by atoms with Crippen LogP contribution in [-0.4, -0.2) is 42.0 Å². The summed E-state index contributed by atoms with van der Waals surface area (Å²) >= 11 is 6.71. The molecule has 0 atom stereocenters. The molecule has 0 N–H and O–H groups in total. The maximum atomic E-state index is 13.0. The van der Waals surface area contributed by atoms with Gasteiger partial charge in [-0.3, -0.25) is 9.69 Å². The molecule has 138 valence electrons. The molecule has 3 aromatic rings. The summed E-state index contributed by atoms with van der Waals surface area (Å²) in [5.41, 5.74) is 0.935. The van der Waals surface area contributed by atoms with Gasteiger partial charge in [0.25, 0.3) is 0 Å². The van der Waals surface area contributed by atoms with E-state index < -0.39 is 0 Å². The Bertz CT molecular complexity index is 859. The van der Waals surface area contributed by atoms with E-state index in [1.807, 2.05) is 34.5 Å². The molecular weight excluding hydrogens is 430 g/mol. The van der Waals surface area contributed by atoms with Gasteiger partial charge in [0.2, 0.25) is 5.91 Å². The highest BCUT2D eigenvalue weighted by molar-refractivity contribution is 9.10. The van der Waals surface area contributed by atoms with Gasteiger partial charge < -0.3 is 4.90 Å². The van der Waals surface area contributed by atoms with Gasteiger partial charge in [-0.2, -0.15) is 0 Å². The normalized spacial score (nSPS) is 11.4. The summed E-state index contributed by atoms with van der Waals surface area (Å²) in [5.74, 6) is 0.109. The van der Waals surface area contributed by atoms with Crippen molar-refractivity contribution in [3.05, 3.63) is 45.1 Å². The van der Waals surface area contributed by atoms with E-state index >= 15 is 0 Å². The molecule has 1 amide bonds. The predicted octanol–water partition coefficient (Wildman–Crippen LogP) is 5.04. The SMILES string of the molecule is CCN(CC)CCN(C(=O)Cc1cccs1)c1nc2ccc(Br)cc2s1. The molecule has 0 spiro atoms. The molecule has 0 unspecified atom stereocenters. The average Bonchev–Trinajstić information content (AvgIpc) is 3.27. The Labute approximate surface area is 170 Å². The Kier molecular flexibility index (Phi) is 6.80. The van der Waals surface area contributed by atoms with Crippen LogP contribution in [-0.2, 0) is 11.2 Å². The van der Waals surface area contributed by atoms with Crippen molar-refractivity contribution in [2.24, 2.45) is 0 Å². The number of thiazole rings is 1. The van der Waals surface area contributed by atoms with Gasteiger partial charge >= 0.3 is 0 Å². The van der Waals surface area contributed by atoms with E-state index in [9.17, 15) is 4.79 Å². The number of thiophene rings is 1. The van der Waals surface area contributed by atoms with Crippen molar-refractivity contribution in [2.75, 3.05) is 31.1 Å². The molecule has 3 rings (SSSR count). The fraction of sp³-hybridized carbons (Fsp3) is 0.368. The van der Waals surface area contributed by atoms with Crippen LogP contribution in [0.2, 0.25) is 0 Å². The summed E-state index contributed by atoms with van der Waals surface area (Å²) < 4.78 is 2.12. The molecule has 0 aliphatic heterocycles. The molecule has 2 heterocycles. The monoisotopic (exact) mass is 451 g/mol. The molecule has 0 aliphatic carbocycles. The quantitative estimate of drug-likeness (QED) is 0.481. The van der Waals surface area contributed by atoms with Crippen molar-refractivity contribution in [2.45, 2.75) is 20.3 Å². The van der Waals surface area contributed by atoms with E-state index in [-0.39, 0.29) is 5.91 Å². The molecule has 0 bridgehead atoms. The molecule has 0 radical (unpaired) electrons. The minimum atomic E-state index is 0.109. The first-order valence-corrected chi connectivity index (χ1v) is 11.2. The number of anilines is 1. The van der Waals surface area contributed by atoms with E-state index in [1.165, 1.54) is 0 Å². The average molecular weight is 452 g/mol. The summed E-state index contributed by atoms with van der Waals surface area (Å²) in [6.45, 7) is 7.77. The highest BCUT2D eigenvalue weighted by Gasteiger charge is 2.21. The number of nitrogens with zero attached hydrogens (tertiary/aromatic N) is 3. The smallest absolute Gasteiger partial charge is 0.234 e. The van der Waals surface area contributed by atoms with Gasteiger partial charge in [-0.25, -0.2) is 4.98 Å². The Hall–Kier alpha value is -1.28. The zero-order chi connectivity index (χ0) is 18.5. The highest BCUT2D eigenvalue weighted by atomic mass is 79.9. The van der Waals surface area contributed by atoms with E-state index in [4.69, 9.17) is 4.98 Å². The number of likely N-dealkylation sites (N-methyl/N-ethyl adjacent to an activating group) is 1. The molecule has 1 aromatic carbocycles. The molecule has 0 aliphatic rings.